The molecule has 0 aliphatic carbocycles. The topological polar surface area (TPSA) is 68.2 Å². The molecule has 0 fully saturated rings. The Bertz CT molecular complexity index is 1270. The van der Waals surface area contributed by atoms with Gasteiger partial charge >= 0.3 is 5.97 Å². The fourth-order valence-corrected chi connectivity index (χ4v) is 4.75. The Labute approximate surface area is 197 Å². The quantitative estimate of drug-likeness (QED) is 0.262. The Kier molecular flexibility index (Phi) is 6.43. The van der Waals surface area contributed by atoms with Crippen LogP contribution in [0.15, 0.2) is 54.7 Å². The van der Waals surface area contributed by atoms with Crippen LogP contribution in [0.5, 0.6) is 0 Å². The number of carbonyl (C=O) groups excluding carboxylic acids is 1. The second-order valence-electron chi connectivity index (χ2n) is 6.55. The van der Waals surface area contributed by atoms with Gasteiger partial charge in [0.2, 0.25) is 0 Å². The SMILES string of the molecule is COC(=O)c1sc2cc(NC(=S)Nc3ccn(Cc4ccc(Cl)cc4)n3)ccc2c1Cl. The first-order valence-electron chi connectivity index (χ1n) is 9.09. The van der Waals surface area contributed by atoms with Crippen molar-refractivity contribution in [2.24, 2.45) is 0 Å². The van der Waals surface area contributed by atoms with Gasteiger partial charge < -0.3 is 15.4 Å². The fraction of sp³-hybridized carbons (Fsp3) is 0.0952. The summed E-state index contributed by atoms with van der Waals surface area (Å²) >= 11 is 18.9. The smallest absolute Gasteiger partial charge is 0.349 e. The number of rotatable bonds is 5. The monoisotopic (exact) mass is 490 g/mol. The lowest BCUT2D eigenvalue weighted by atomic mass is 10.2. The summed E-state index contributed by atoms with van der Waals surface area (Å²) in [6.45, 7) is 0.622. The Morgan fingerprint density at radius 2 is 1.94 bits per heavy atom. The largest absolute Gasteiger partial charge is 0.465 e. The van der Waals surface area contributed by atoms with Crippen LogP contribution in [0.2, 0.25) is 10.0 Å². The summed E-state index contributed by atoms with van der Waals surface area (Å²) in [6, 6.07) is 15.0. The van der Waals surface area contributed by atoms with Crippen molar-refractivity contribution in [1.29, 1.82) is 0 Å². The standard InChI is InChI=1S/C21H16Cl2N4O2S2/c1-29-20(28)19-18(23)15-7-6-14(10-16(15)31-19)24-21(30)25-17-8-9-27(26-17)11-12-2-4-13(22)5-3-12/h2-10H,11H2,1H3,(H2,24,25,26,30). The van der Waals surface area contributed by atoms with Gasteiger partial charge in [0, 0.05) is 33.1 Å². The zero-order valence-electron chi connectivity index (χ0n) is 16.2. The maximum atomic E-state index is 11.8. The number of hydrogen-bond donors (Lipinski definition) is 2. The third-order valence-electron chi connectivity index (χ3n) is 4.40. The van der Waals surface area contributed by atoms with E-state index in [0.29, 0.717) is 32.4 Å². The van der Waals surface area contributed by atoms with Crippen molar-refractivity contribution in [2.45, 2.75) is 6.54 Å². The molecule has 4 aromatic rings. The predicted molar refractivity (Wildman–Crippen MR) is 131 cm³/mol. The second-order valence-corrected chi connectivity index (χ2v) is 8.83. The average molecular weight is 491 g/mol. The number of esters is 1. The lowest BCUT2D eigenvalue weighted by Crippen LogP contribution is -2.19. The number of fused-ring (bicyclic) bond motifs is 1. The van der Waals surface area contributed by atoms with Gasteiger partial charge in [-0.3, -0.25) is 4.68 Å². The normalized spacial score (nSPS) is 10.8. The highest BCUT2D eigenvalue weighted by Gasteiger charge is 2.17. The van der Waals surface area contributed by atoms with E-state index in [0.717, 1.165) is 21.3 Å². The lowest BCUT2D eigenvalue weighted by Gasteiger charge is -2.09. The molecule has 0 amide bonds. The Morgan fingerprint density at radius 1 is 1.16 bits per heavy atom. The zero-order valence-corrected chi connectivity index (χ0v) is 19.3. The summed E-state index contributed by atoms with van der Waals surface area (Å²) < 4.78 is 7.44. The van der Waals surface area contributed by atoms with Crippen molar-refractivity contribution in [1.82, 2.24) is 9.78 Å². The highest BCUT2D eigenvalue weighted by Crippen LogP contribution is 2.37. The number of thiophene rings is 1. The number of nitrogens with zero attached hydrogens (tertiary/aromatic N) is 2. The van der Waals surface area contributed by atoms with Gasteiger partial charge in [0.1, 0.15) is 4.88 Å². The number of benzene rings is 2. The summed E-state index contributed by atoms with van der Waals surface area (Å²) in [5.74, 6) is 0.173. The van der Waals surface area contributed by atoms with E-state index in [9.17, 15) is 4.79 Å². The first-order chi connectivity index (χ1) is 14.9. The van der Waals surface area contributed by atoms with Gasteiger partial charge in [0.05, 0.1) is 18.7 Å². The van der Waals surface area contributed by atoms with Crippen molar-refractivity contribution in [3.05, 3.63) is 75.2 Å². The summed E-state index contributed by atoms with van der Waals surface area (Å²) in [6.07, 6.45) is 1.87. The molecule has 0 saturated heterocycles. The Morgan fingerprint density at radius 3 is 2.68 bits per heavy atom. The molecule has 2 N–H and O–H groups in total. The summed E-state index contributed by atoms with van der Waals surface area (Å²) in [4.78, 5) is 12.2. The van der Waals surface area contributed by atoms with E-state index >= 15 is 0 Å². The Balaban J connectivity index is 1.41. The number of methoxy groups -OCH3 is 1. The van der Waals surface area contributed by atoms with Gasteiger partial charge in [-0.15, -0.1) is 11.3 Å². The van der Waals surface area contributed by atoms with Crippen LogP contribution in [0.3, 0.4) is 0 Å². The molecule has 10 heteroatoms. The van der Waals surface area contributed by atoms with Crippen LogP contribution in [0.1, 0.15) is 15.2 Å². The minimum absolute atomic E-state index is 0.378. The maximum absolute atomic E-state index is 11.8. The molecule has 0 aliphatic rings. The predicted octanol–water partition coefficient (Wildman–Crippen LogP) is 6.05. The number of aromatic nitrogens is 2. The Hall–Kier alpha value is -2.65. The summed E-state index contributed by atoms with van der Waals surface area (Å²) in [7, 11) is 1.33. The third kappa shape index (κ3) is 4.99. The molecule has 0 saturated carbocycles. The molecule has 0 atom stereocenters. The highest BCUT2D eigenvalue weighted by atomic mass is 35.5. The van der Waals surface area contributed by atoms with Gasteiger partial charge in [0.25, 0.3) is 0 Å². The number of nitrogens with one attached hydrogen (secondary N) is 2. The van der Waals surface area contributed by atoms with Crippen LogP contribution >= 0.6 is 46.8 Å². The number of carbonyl (C=O) groups is 1. The van der Waals surface area contributed by atoms with E-state index in [-0.39, 0.29) is 0 Å². The maximum Gasteiger partial charge on any atom is 0.349 e. The third-order valence-corrected chi connectivity index (χ3v) is 6.49. The van der Waals surface area contributed by atoms with E-state index in [2.05, 4.69) is 15.7 Å². The van der Waals surface area contributed by atoms with Crippen molar-refractivity contribution >= 4 is 79.4 Å². The van der Waals surface area contributed by atoms with Gasteiger partial charge in [0.15, 0.2) is 10.9 Å². The number of hydrogen-bond acceptors (Lipinski definition) is 5. The number of thiocarbonyl (C=S) groups is 1. The molecule has 158 valence electrons. The van der Waals surface area contributed by atoms with Crippen LogP contribution in [-0.4, -0.2) is 28.0 Å². The lowest BCUT2D eigenvalue weighted by molar-refractivity contribution is 0.0606. The van der Waals surface area contributed by atoms with Crippen LogP contribution < -0.4 is 10.6 Å². The molecule has 4 rings (SSSR count). The molecule has 0 bridgehead atoms. The molecule has 0 spiro atoms. The summed E-state index contributed by atoms with van der Waals surface area (Å²) in [5.41, 5.74) is 1.86. The fourth-order valence-electron chi connectivity index (χ4n) is 2.94. The first-order valence-corrected chi connectivity index (χ1v) is 11.1. The minimum Gasteiger partial charge on any atom is -0.465 e. The van der Waals surface area contributed by atoms with Crippen LogP contribution in [0, 0.1) is 0 Å². The van der Waals surface area contributed by atoms with Gasteiger partial charge in [-0.2, -0.15) is 5.10 Å². The molecule has 31 heavy (non-hydrogen) atoms. The molecular weight excluding hydrogens is 475 g/mol. The number of ether oxygens (including phenoxy) is 1. The summed E-state index contributed by atoms with van der Waals surface area (Å²) in [5, 5.41) is 13.0. The molecule has 2 aromatic heterocycles. The molecule has 6 nitrogen and oxygen atoms in total. The average Bonchev–Trinajstić information content (AvgIpc) is 3.32. The molecule has 2 aromatic carbocycles. The second kappa shape index (κ2) is 9.23. The first kappa shape index (κ1) is 21.6. The van der Waals surface area contributed by atoms with E-state index < -0.39 is 5.97 Å². The van der Waals surface area contributed by atoms with Crippen LogP contribution in [-0.2, 0) is 11.3 Å². The van der Waals surface area contributed by atoms with Crippen molar-refractivity contribution in [3.63, 3.8) is 0 Å². The van der Waals surface area contributed by atoms with E-state index in [4.69, 9.17) is 40.2 Å². The molecule has 0 radical (unpaired) electrons. The van der Waals surface area contributed by atoms with Crippen LogP contribution in [0.4, 0.5) is 11.5 Å². The van der Waals surface area contributed by atoms with E-state index in [1.54, 1.807) is 0 Å². The van der Waals surface area contributed by atoms with Gasteiger partial charge in [-0.1, -0.05) is 35.3 Å². The molecule has 0 aliphatic heterocycles. The molecule has 0 unspecified atom stereocenters. The van der Waals surface area contributed by atoms with Crippen LogP contribution in [0.25, 0.3) is 10.1 Å². The van der Waals surface area contributed by atoms with Crippen molar-refractivity contribution in [2.75, 3.05) is 17.7 Å². The van der Waals surface area contributed by atoms with Crippen molar-refractivity contribution in [3.8, 4) is 0 Å². The van der Waals surface area contributed by atoms with Gasteiger partial charge in [-0.05, 0) is 48.1 Å². The van der Waals surface area contributed by atoms with Gasteiger partial charge in [-0.25, -0.2) is 4.79 Å². The number of halogens is 2. The van der Waals surface area contributed by atoms with Crippen molar-refractivity contribution < 1.29 is 9.53 Å². The molecular formula is C21H16Cl2N4O2S2. The minimum atomic E-state index is -0.452. The zero-order chi connectivity index (χ0) is 22.0. The molecule has 2 heterocycles. The number of anilines is 2. The van der Waals surface area contributed by atoms with E-state index in [1.807, 2.05) is 59.4 Å². The highest BCUT2D eigenvalue weighted by molar-refractivity contribution is 7.80. The van der Waals surface area contributed by atoms with E-state index in [1.165, 1.54) is 18.4 Å².